The highest BCUT2D eigenvalue weighted by atomic mass is 79.9. The number of allylic oxidation sites excluding steroid dienone is 1. The SMILES string of the molecule is CCOC(=O)/C(Cl)=C1/CCC(CBr)O1. The van der Waals surface area contributed by atoms with E-state index in [9.17, 15) is 4.79 Å². The molecule has 1 saturated heterocycles. The second kappa shape index (κ2) is 5.61. The van der Waals surface area contributed by atoms with E-state index in [1.54, 1.807) is 6.92 Å². The molecule has 0 radical (unpaired) electrons. The third kappa shape index (κ3) is 2.89. The van der Waals surface area contributed by atoms with Crippen LogP contribution in [0.15, 0.2) is 10.8 Å². The van der Waals surface area contributed by atoms with Crippen LogP contribution in [-0.4, -0.2) is 24.0 Å². The molecule has 0 amide bonds. The summed E-state index contributed by atoms with van der Waals surface area (Å²) in [6.07, 6.45) is 1.71. The molecule has 0 saturated carbocycles. The molecule has 1 aliphatic heterocycles. The van der Waals surface area contributed by atoms with Gasteiger partial charge in [-0.3, -0.25) is 0 Å². The summed E-state index contributed by atoms with van der Waals surface area (Å²) in [6, 6.07) is 0. The summed E-state index contributed by atoms with van der Waals surface area (Å²) in [5.41, 5.74) is 0. The van der Waals surface area contributed by atoms with E-state index < -0.39 is 5.97 Å². The van der Waals surface area contributed by atoms with Crippen molar-refractivity contribution in [3.8, 4) is 0 Å². The zero-order valence-electron chi connectivity index (χ0n) is 7.89. The van der Waals surface area contributed by atoms with Crippen molar-refractivity contribution in [2.24, 2.45) is 0 Å². The van der Waals surface area contributed by atoms with Gasteiger partial charge < -0.3 is 9.47 Å². The Labute approximate surface area is 96.5 Å². The van der Waals surface area contributed by atoms with Gasteiger partial charge in [0.15, 0.2) is 5.03 Å². The van der Waals surface area contributed by atoms with Crippen LogP contribution in [0.1, 0.15) is 19.8 Å². The molecule has 1 aliphatic rings. The Balaban J connectivity index is 2.61. The zero-order valence-corrected chi connectivity index (χ0v) is 10.2. The van der Waals surface area contributed by atoms with Crippen molar-refractivity contribution in [1.82, 2.24) is 0 Å². The number of halogens is 2. The van der Waals surface area contributed by atoms with Gasteiger partial charge in [-0.25, -0.2) is 4.79 Å². The molecule has 3 nitrogen and oxygen atoms in total. The van der Waals surface area contributed by atoms with Crippen molar-refractivity contribution in [2.45, 2.75) is 25.9 Å². The number of rotatable bonds is 3. The van der Waals surface area contributed by atoms with E-state index in [4.69, 9.17) is 21.1 Å². The molecule has 1 fully saturated rings. The number of alkyl halides is 1. The van der Waals surface area contributed by atoms with E-state index in [0.29, 0.717) is 18.8 Å². The third-order valence-electron chi connectivity index (χ3n) is 1.87. The lowest BCUT2D eigenvalue weighted by molar-refractivity contribution is -0.137. The van der Waals surface area contributed by atoms with Crippen molar-refractivity contribution in [3.05, 3.63) is 10.8 Å². The fourth-order valence-corrected chi connectivity index (χ4v) is 1.84. The van der Waals surface area contributed by atoms with Crippen molar-refractivity contribution in [3.63, 3.8) is 0 Å². The van der Waals surface area contributed by atoms with Gasteiger partial charge in [-0.15, -0.1) is 0 Å². The maximum atomic E-state index is 11.2. The Morgan fingerprint density at radius 3 is 3.00 bits per heavy atom. The average Bonchev–Trinajstić information content (AvgIpc) is 2.65. The Morgan fingerprint density at radius 2 is 2.50 bits per heavy atom. The number of carbonyl (C=O) groups excluding carboxylic acids is 1. The zero-order chi connectivity index (χ0) is 10.6. The first-order valence-electron chi connectivity index (χ1n) is 4.47. The van der Waals surface area contributed by atoms with Crippen molar-refractivity contribution in [2.75, 3.05) is 11.9 Å². The molecular weight excluding hydrogens is 271 g/mol. The van der Waals surface area contributed by atoms with Crippen molar-refractivity contribution < 1.29 is 14.3 Å². The molecule has 0 aliphatic carbocycles. The Morgan fingerprint density at radius 1 is 1.79 bits per heavy atom. The average molecular weight is 284 g/mol. The highest BCUT2D eigenvalue weighted by molar-refractivity contribution is 9.09. The molecule has 0 bridgehead atoms. The van der Waals surface area contributed by atoms with Gasteiger partial charge in [-0.1, -0.05) is 27.5 Å². The van der Waals surface area contributed by atoms with Crippen molar-refractivity contribution in [1.29, 1.82) is 0 Å². The van der Waals surface area contributed by atoms with Gasteiger partial charge in [0.05, 0.1) is 6.61 Å². The van der Waals surface area contributed by atoms with E-state index in [0.717, 1.165) is 11.8 Å². The quantitative estimate of drug-likeness (QED) is 0.454. The lowest BCUT2D eigenvalue weighted by Gasteiger charge is -2.07. The van der Waals surface area contributed by atoms with E-state index in [-0.39, 0.29) is 11.1 Å². The molecule has 5 heteroatoms. The van der Waals surface area contributed by atoms with Gasteiger partial charge in [0, 0.05) is 11.8 Å². The van der Waals surface area contributed by atoms with Crippen LogP contribution in [0.25, 0.3) is 0 Å². The molecular formula is C9H12BrClO3. The van der Waals surface area contributed by atoms with Crippen LogP contribution in [0, 0.1) is 0 Å². The standard InChI is InChI=1S/C9H12BrClO3/c1-2-13-9(12)8(11)7-4-3-6(5-10)14-7/h6H,2-5H2,1H3/b8-7+. The predicted octanol–water partition coefficient (Wildman–Crippen LogP) is 2.57. The van der Waals surface area contributed by atoms with Gasteiger partial charge in [0.1, 0.15) is 11.9 Å². The van der Waals surface area contributed by atoms with Gasteiger partial charge in [-0.05, 0) is 13.3 Å². The van der Waals surface area contributed by atoms with Crippen LogP contribution < -0.4 is 0 Å². The molecule has 1 atom stereocenters. The van der Waals surface area contributed by atoms with Gasteiger partial charge in [-0.2, -0.15) is 0 Å². The molecule has 80 valence electrons. The minimum Gasteiger partial charge on any atom is -0.492 e. The van der Waals surface area contributed by atoms with Gasteiger partial charge in [0.25, 0.3) is 0 Å². The van der Waals surface area contributed by atoms with Crippen LogP contribution in [0.3, 0.4) is 0 Å². The fraction of sp³-hybridized carbons (Fsp3) is 0.667. The van der Waals surface area contributed by atoms with E-state index >= 15 is 0 Å². The van der Waals surface area contributed by atoms with Crippen LogP contribution in [0.5, 0.6) is 0 Å². The van der Waals surface area contributed by atoms with Gasteiger partial charge >= 0.3 is 5.97 Å². The molecule has 0 aromatic rings. The highest BCUT2D eigenvalue weighted by Crippen LogP contribution is 2.28. The van der Waals surface area contributed by atoms with E-state index in [1.807, 2.05) is 0 Å². The topological polar surface area (TPSA) is 35.5 Å². The van der Waals surface area contributed by atoms with Crippen LogP contribution in [-0.2, 0) is 14.3 Å². The van der Waals surface area contributed by atoms with Gasteiger partial charge in [0.2, 0.25) is 0 Å². The summed E-state index contributed by atoms with van der Waals surface area (Å²) in [6.45, 7) is 2.06. The second-order valence-electron chi connectivity index (χ2n) is 2.89. The van der Waals surface area contributed by atoms with Crippen LogP contribution in [0.2, 0.25) is 0 Å². The Hall–Kier alpha value is -0.220. The molecule has 0 N–H and O–H groups in total. The summed E-state index contributed by atoms with van der Waals surface area (Å²) >= 11 is 9.12. The lowest BCUT2D eigenvalue weighted by Crippen LogP contribution is -2.08. The molecule has 0 aromatic heterocycles. The number of ether oxygens (including phenoxy) is 2. The molecule has 1 rings (SSSR count). The normalized spacial score (nSPS) is 24.4. The monoisotopic (exact) mass is 282 g/mol. The minimum absolute atomic E-state index is 0.0790. The smallest absolute Gasteiger partial charge is 0.353 e. The van der Waals surface area contributed by atoms with Crippen LogP contribution in [0.4, 0.5) is 0 Å². The predicted molar refractivity (Wildman–Crippen MR) is 57.4 cm³/mol. The third-order valence-corrected chi connectivity index (χ3v) is 2.96. The maximum absolute atomic E-state index is 11.2. The first kappa shape index (κ1) is 11.9. The highest BCUT2D eigenvalue weighted by Gasteiger charge is 2.25. The molecule has 1 heterocycles. The molecule has 14 heavy (non-hydrogen) atoms. The number of carbonyl (C=O) groups is 1. The van der Waals surface area contributed by atoms with E-state index in [2.05, 4.69) is 15.9 Å². The molecule has 0 aromatic carbocycles. The second-order valence-corrected chi connectivity index (χ2v) is 3.92. The summed E-state index contributed by atoms with van der Waals surface area (Å²) < 4.78 is 10.2. The number of hydrogen-bond donors (Lipinski definition) is 0. The number of esters is 1. The Bertz CT molecular complexity index is 252. The van der Waals surface area contributed by atoms with Crippen LogP contribution >= 0.6 is 27.5 Å². The van der Waals surface area contributed by atoms with Crippen molar-refractivity contribution >= 4 is 33.5 Å². The summed E-state index contributed by atoms with van der Waals surface area (Å²) in [7, 11) is 0. The fourth-order valence-electron chi connectivity index (χ4n) is 1.19. The lowest BCUT2D eigenvalue weighted by atomic mass is 10.2. The maximum Gasteiger partial charge on any atom is 0.353 e. The Kier molecular flexibility index (Phi) is 4.75. The minimum atomic E-state index is -0.501. The molecule has 0 spiro atoms. The summed E-state index contributed by atoms with van der Waals surface area (Å²) in [5.74, 6) is 0.0500. The summed E-state index contributed by atoms with van der Waals surface area (Å²) in [4.78, 5) is 11.2. The largest absolute Gasteiger partial charge is 0.492 e. The number of hydrogen-bond acceptors (Lipinski definition) is 3. The summed E-state index contributed by atoms with van der Waals surface area (Å²) in [5, 5.41) is 0.832. The molecule has 1 unspecified atom stereocenters. The van der Waals surface area contributed by atoms with E-state index in [1.165, 1.54) is 0 Å². The first-order chi connectivity index (χ1) is 6.69. The first-order valence-corrected chi connectivity index (χ1v) is 5.97.